The molecule has 0 aliphatic heterocycles. The van der Waals surface area contributed by atoms with Crippen molar-refractivity contribution in [1.29, 1.82) is 0 Å². The van der Waals surface area contributed by atoms with Gasteiger partial charge in [0.1, 0.15) is 0 Å². The van der Waals surface area contributed by atoms with Gasteiger partial charge in [0.2, 0.25) is 11.7 Å². The summed E-state index contributed by atoms with van der Waals surface area (Å²) in [5.41, 5.74) is 3.05. The van der Waals surface area contributed by atoms with Crippen LogP contribution in [0.3, 0.4) is 0 Å². The molecule has 0 aliphatic rings. The van der Waals surface area contributed by atoms with Crippen molar-refractivity contribution in [2.45, 2.75) is 64.2 Å². The standard InChI is InChI=1S/C26H31N5O2S/c1-4-6-9-16-30-24(33)21-10-7-8-11-22(21)31-25(30)28-29-26(31)34-17-23(32)27-18(3)20-14-12-19(5-2)13-15-20/h7-8,10-15,18H,4-6,9,16-17H2,1-3H3,(H,27,32). The van der Waals surface area contributed by atoms with E-state index in [4.69, 9.17) is 0 Å². The molecule has 1 unspecified atom stereocenters. The van der Waals surface area contributed by atoms with Crippen molar-refractivity contribution in [2.24, 2.45) is 0 Å². The molecule has 0 saturated carbocycles. The van der Waals surface area contributed by atoms with E-state index in [-0.39, 0.29) is 23.3 Å². The Morgan fingerprint density at radius 1 is 1.06 bits per heavy atom. The van der Waals surface area contributed by atoms with Gasteiger partial charge in [0, 0.05) is 6.54 Å². The molecule has 1 atom stereocenters. The van der Waals surface area contributed by atoms with Crippen LogP contribution in [-0.2, 0) is 17.8 Å². The number of aryl methyl sites for hydroxylation is 2. The van der Waals surface area contributed by atoms with E-state index >= 15 is 0 Å². The lowest BCUT2D eigenvalue weighted by Crippen LogP contribution is -2.28. The summed E-state index contributed by atoms with van der Waals surface area (Å²) in [7, 11) is 0. The van der Waals surface area contributed by atoms with Crippen LogP contribution < -0.4 is 10.9 Å². The largest absolute Gasteiger partial charge is 0.349 e. The number of hydrogen-bond acceptors (Lipinski definition) is 5. The summed E-state index contributed by atoms with van der Waals surface area (Å²) in [5, 5.41) is 13.0. The number of nitrogens with zero attached hydrogens (tertiary/aromatic N) is 4. The molecule has 2 heterocycles. The minimum absolute atomic E-state index is 0.0520. The quantitative estimate of drug-likeness (QED) is 0.263. The van der Waals surface area contributed by atoms with Gasteiger partial charge in [0.15, 0.2) is 5.16 Å². The summed E-state index contributed by atoms with van der Waals surface area (Å²) >= 11 is 1.33. The molecule has 0 saturated heterocycles. The Morgan fingerprint density at radius 3 is 2.56 bits per heavy atom. The van der Waals surface area contributed by atoms with Crippen molar-refractivity contribution in [3.05, 3.63) is 70.0 Å². The minimum atomic E-state index is -0.0845. The molecule has 0 fully saturated rings. The van der Waals surface area contributed by atoms with Crippen LogP contribution in [0.5, 0.6) is 0 Å². The Balaban J connectivity index is 1.55. The molecular weight excluding hydrogens is 446 g/mol. The van der Waals surface area contributed by atoms with E-state index in [2.05, 4.69) is 53.6 Å². The van der Waals surface area contributed by atoms with Crippen LogP contribution in [0.1, 0.15) is 57.2 Å². The highest BCUT2D eigenvalue weighted by Crippen LogP contribution is 2.22. The number of carbonyl (C=O) groups excluding carboxylic acids is 1. The molecule has 0 spiro atoms. The number of thioether (sulfide) groups is 1. The minimum Gasteiger partial charge on any atom is -0.349 e. The molecule has 4 aromatic rings. The molecule has 2 aromatic carbocycles. The van der Waals surface area contributed by atoms with Gasteiger partial charge in [-0.15, -0.1) is 10.2 Å². The summed E-state index contributed by atoms with van der Waals surface area (Å²) in [6.07, 6.45) is 4.01. The molecule has 0 radical (unpaired) electrons. The highest BCUT2D eigenvalue weighted by molar-refractivity contribution is 7.99. The lowest BCUT2D eigenvalue weighted by molar-refractivity contribution is -0.119. The Kier molecular flexibility index (Phi) is 7.67. The number of unbranched alkanes of at least 4 members (excludes halogenated alkanes) is 2. The second kappa shape index (κ2) is 10.9. The number of nitrogens with one attached hydrogen (secondary N) is 1. The molecule has 0 aliphatic carbocycles. The van der Waals surface area contributed by atoms with Crippen molar-refractivity contribution in [3.8, 4) is 0 Å². The fourth-order valence-electron chi connectivity index (χ4n) is 4.09. The smallest absolute Gasteiger partial charge is 0.262 e. The second-order valence-electron chi connectivity index (χ2n) is 8.47. The van der Waals surface area contributed by atoms with Crippen LogP contribution in [0.25, 0.3) is 16.7 Å². The number of amides is 1. The first-order valence-electron chi connectivity index (χ1n) is 11.9. The molecule has 2 aromatic heterocycles. The zero-order valence-electron chi connectivity index (χ0n) is 20.0. The molecule has 1 N–H and O–H groups in total. The molecular formula is C26H31N5O2S. The predicted octanol–water partition coefficient (Wildman–Crippen LogP) is 4.77. The molecule has 178 valence electrons. The lowest BCUT2D eigenvalue weighted by Gasteiger charge is -2.15. The molecule has 7 nitrogen and oxygen atoms in total. The summed E-state index contributed by atoms with van der Waals surface area (Å²) in [5.74, 6) is 0.656. The lowest BCUT2D eigenvalue weighted by atomic mass is 10.1. The van der Waals surface area contributed by atoms with E-state index in [0.29, 0.717) is 22.9 Å². The van der Waals surface area contributed by atoms with Crippen molar-refractivity contribution in [3.63, 3.8) is 0 Å². The van der Waals surface area contributed by atoms with Crippen LogP contribution in [0.2, 0.25) is 0 Å². The first kappa shape index (κ1) is 24.0. The van der Waals surface area contributed by atoms with E-state index in [1.54, 1.807) is 4.57 Å². The third kappa shape index (κ3) is 5.01. The number of carbonyl (C=O) groups is 1. The van der Waals surface area contributed by atoms with Crippen LogP contribution in [0.15, 0.2) is 58.5 Å². The normalized spacial score (nSPS) is 12.3. The molecule has 0 bridgehead atoms. The van der Waals surface area contributed by atoms with E-state index in [9.17, 15) is 9.59 Å². The summed E-state index contributed by atoms with van der Waals surface area (Å²) in [6, 6.07) is 15.7. The fourth-order valence-corrected chi connectivity index (χ4v) is 4.84. The van der Waals surface area contributed by atoms with Gasteiger partial charge in [0.05, 0.1) is 22.7 Å². The maximum Gasteiger partial charge on any atom is 0.262 e. The Labute approximate surface area is 203 Å². The second-order valence-corrected chi connectivity index (χ2v) is 9.41. The number of aromatic nitrogens is 4. The number of para-hydroxylation sites is 1. The SMILES string of the molecule is CCCCCn1c(=O)c2ccccc2n2c(SCC(=O)NC(C)c3ccc(CC)cc3)nnc12. The van der Waals surface area contributed by atoms with Gasteiger partial charge in [-0.05, 0) is 43.0 Å². The van der Waals surface area contributed by atoms with E-state index < -0.39 is 0 Å². The molecule has 34 heavy (non-hydrogen) atoms. The maximum absolute atomic E-state index is 13.1. The van der Waals surface area contributed by atoms with Gasteiger partial charge in [-0.3, -0.25) is 18.6 Å². The topological polar surface area (TPSA) is 81.3 Å². The van der Waals surface area contributed by atoms with Gasteiger partial charge in [-0.2, -0.15) is 0 Å². The Morgan fingerprint density at radius 2 is 1.82 bits per heavy atom. The zero-order chi connectivity index (χ0) is 24.1. The van der Waals surface area contributed by atoms with Crippen molar-refractivity contribution < 1.29 is 4.79 Å². The van der Waals surface area contributed by atoms with Gasteiger partial charge >= 0.3 is 0 Å². The molecule has 1 amide bonds. The third-order valence-electron chi connectivity index (χ3n) is 6.06. The van der Waals surface area contributed by atoms with Gasteiger partial charge in [-0.1, -0.05) is 74.8 Å². The van der Waals surface area contributed by atoms with Crippen LogP contribution in [0.4, 0.5) is 0 Å². The molecule has 8 heteroatoms. The number of benzene rings is 2. The van der Waals surface area contributed by atoms with Gasteiger partial charge in [-0.25, -0.2) is 0 Å². The maximum atomic E-state index is 13.1. The number of rotatable bonds is 10. The number of fused-ring (bicyclic) bond motifs is 3. The Hall–Kier alpha value is -3.13. The zero-order valence-corrected chi connectivity index (χ0v) is 20.8. The van der Waals surface area contributed by atoms with Crippen molar-refractivity contribution >= 4 is 34.3 Å². The molecule has 4 rings (SSSR count). The summed E-state index contributed by atoms with van der Waals surface area (Å²) in [6.45, 7) is 6.84. The van der Waals surface area contributed by atoms with Crippen molar-refractivity contribution in [2.75, 3.05) is 5.75 Å². The van der Waals surface area contributed by atoms with Gasteiger partial charge in [0.25, 0.3) is 5.56 Å². The Bertz CT molecular complexity index is 1340. The fraction of sp³-hybridized carbons (Fsp3) is 0.385. The first-order chi connectivity index (χ1) is 16.5. The van der Waals surface area contributed by atoms with Crippen LogP contribution >= 0.6 is 11.8 Å². The third-order valence-corrected chi connectivity index (χ3v) is 6.99. The predicted molar refractivity (Wildman–Crippen MR) is 137 cm³/mol. The summed E-state index contributed by atoms with van der Waals surface area (Å²) in [4.78, 5) is 25.8. The van der Waals surface area contributed by atoms with Crippen molar-refractivity contribution in [1.82, 2.24) is 24.5 Å². The average Bonchev–Trinajstić information content (AvgIpc) is 3.29. The highest BCUT2D eigenvalue weighted by atomic mass is 32.2. The van der Waals surface area contributed by atoms with E-state index in [0.717, 1.165) is 36.8 Å². The van der Waals surface area contributed by atoms with E-state index in [1.807, 2.05) is 35.6 Å². The highest BCUT2D eigenvalue weighted by Gasteiger charge is 2.18. The van der Waals surface area contributed by atoms with Crippen LogP contribution in [-0.4, -0.2) is 30.8 Å². The van der Waals surface area contributed by atoms with E-state index in [1.165, 1.54) is 17.3 Å². The van der Waals surface area contributed by atoms with Crippen LogP contribution in [0, 0.1) is 0 Å². The first-order valence-corrected chi connectivity index (χ1v) is 12.9. The van der Waals surface area contributed by atoms with Gasteiger partial charge < -0.3 is 5.32 Å². The summed E-state index contributed by atoms with van der Waals surface area (Å²) < 4.78 is 3.60. The average molecular weight is 478 g/mol. The monoisotopic (exact) mass is 477 g/mol. The number of hydrogen-bond donors (Lipinski definition) is 1.